The number of halogens is 1. The summed E-state index contributed by atoms with van der Waals surface area (Å²) in [5, 5.41) is 20.4. The highest BCUT2D eigenvalue weighted by Gasteiger charge is 2.29. The molecule has 0 bridgehead atoms. The van der Waals surface area contributed by atoms with E-state index in [1.807, 2.05) is 50.2 Å². The Hall–Kier alpha value is -3.65. The van der Waals surface area contributed by atoms with Gasteiger partial charge in [0, 0.05) is 24.5 Å². The highest BCUT2D eigenvalue weighted by Crippen LogP contribution is 2.37. The van der Waals surface area contributed by atoms with E-state index in [1.165, 1.54) is 6.08 Å². The number of aryl methyl sites for hydroxylation is 2. The van der Waals surface area contributed by atoms with Gasteiger partial charge in [0.25, 0.3) is 5.91 Å². The molecular weight excluding hydrogens is 421 g/mol. The van der Waals surface area contributed by atoms with Crippen molar-refractivity contribution in [3.63, 3.8) is 0 Å². The van der Waals surface area contributed by atoms with Crippen LogP contribution in [0, 0.1) is 12.8 Å². The minimum atomic E-state index is -0.604. The molecular formula is C25H26FN5O2. The molecule has 2 atom stereocenters. The lowest BCUT2D eigenvalue weighted by Gasteiger charge is -2.25. The summed E-state index contributed by atoms with van der Waals surface area (Å²) >= 11 is 0. The van der Waals surface area contributed by atoms with Crippen LogP contribution in [0.1, 0.15) is 36.2 Å². The van der Waals surface area contributed by atoms with Gasteiger partial charge < -0.3 is 10.4 Å². The maximum Gasteiger partial charge on any atom is 0.251 e. The minimum Gasteiger partial charge on any atom is -0.394 e. The molecule has 3 aromatic rings. The van der Waals surface area contributed by atoms with Gasteiger partial charge in [0.05, 0.1) is 30.1 Å². The number of aliphatic hydroxyl groups is 1. The van der Waals surface area contributed by atoms with E-state index >= 15 is 4.39 Å². The van der Waals surface area contributed by atoms with Crippen molar-refractivity contribution in [3.8, 4) is 11.3 Å². The number of carbonyl (C=O) groups is 1. The summed E-state index contributed by atoms with van der Waals surface area (Å²) in [4.78, 5) is 17.4. The zero-order chi connectivity index (χ0) is 23.5. The molecule has 4 rings (SSSR count). The Kier molecular flexibility index (Phi) is 6.46. The van der Waals surface area contributed by atoms with E-state index in [4.69, 9.17) is 0 Å². The lowest BCUT2D eigenvalue weighted by molar-refractivity contribution is -0.119. The van der Waals surface area contributed by atoms with Gasteiger partial charge in [-0.3, -0.25) is 9.78 Å². The summed E-state index contributed by atoms with van der Waals surface area (Å²) < 4.78 is 16.9. The summed E-state index contributed by atoms with van der Waals surface area (Å²) in [5.41, 5.74) is 4.87. The summed E-state index contributed by atoms with van der Waals surface area (Å²) in [5.74, 6) is -1.43. The minimum absolute atomic E-state index is 0.0886. The predicted octanol–water partition coefficient (Wildman–Crippen LogP) is 3.68. The van der Waals surface area contributed by atoms with E-state index in [9.17, 15) is 9.90 Å². The van der Waals surface area contributed by atoms with E-state index in [1.54, 1.807) is 24.1 Å². The van der Waals surface area contributed by atoms with Crippen LogP contribution in [0.4, 0.5) is 4.39 Å². The normalized spacial score (nSPS) is 17.0. The van der Waals surface area contributed by atoms with Crippen molar-refractivity contribution >= 4 is 11.5 Å². The van der Waals surface area contributed by atoms with Crippen molar-refractivity contribution in [1.82, 2.24) is 25.3 Å². The average Bonchev–Trinajstić information content (AvgIpc) is 3.23. The Morgan fingerprint density at radius 2 is 2.06 bits per heavy atom. The Morgan fingerprint density at radius 1 is 1.30 bits per heavy atom. The molecule has 0 spiro atoms. The van der Waals surface area contributed by atoms with Crippen LogP contribution in [-0.2, 0) is 11.8 Å². The third-order valence-electron chi connectivity index (χ3n) is 5.95. The summed E-state index contributed by atoms with van der Waals surface area (Å²) in [6, 6.07) is 10.5. The molecule has 33 heavy (non-hydrogen) atoms. The van der Waals surface area contributed by atoms with Crippen LogP contribution in [0.3, 0.4) is 0 Å². The number of nitrogens with one attached hydrogen (secondary N) is 1. The number of rotatable bonds is 6. The van der Waals surface area contributed by atoms with Crippen molar-refractivity contribution in [1.29, 1.82) is 0 Å². The van der Waals surface area contributed by atoms with Gasteiger partial charge in [0.2, 0.25) is 0 Å². The van der Waals surface area contributed by atoms with E-state index < -0.39 is 17.8 Å². The van der Waals surface area contributed by atoms with Gasteiger partial charge >= 0.3 is 0 Å². The van der Waals surface area contributed by atoms with E-state index in [0.29, 0.717) is 6.42 Å². The first-order chi connectivity index (χ1) is 15.9. The van der Waals surface area contributed by atoms with E-state index in [-0.39, 0.29) is 18.1 Å². The van der Waals surface area contributed by atoms with Gasteiger partial charge in [-0.15, -0.1) is 5.10 Å². The second kappa shape index (κ2) is 9.46. The maximum absolute atomic E-state index is 15.2. The van der Waals surface area contributed by atoms with Crippen molar-refractivity contribution in [3.05, 3.63) is 83.1 Å². The van der Waals surface area contributed by atoms with Gasteiger partial charge in [-0.05, 0) is 48.1 Å². The first-order valence-corrected chi connectivity index (χ1v) is 10.8. The first-order valence-electron chi connectivity index (χ1n) is 10.8. The number of nitrogens with zero attached hydrogens (tertiary/aromatic N) is 4. The molecule has 170 valence electrons. The monoisotopic (exact) mass is 447 g/mol. The number of carbonyl (C=O) groups excluding carboxylic acids is 1. The molecule has 1 aliphatic carbocycles. The number of aromatic nitrogens is 4. The molecule has 2 aromatic heterocycles. The average molecular weight is 448 g/mol. The largest absolute Gasteiger partial charge is 0.394 e. The predicted molar refractivity (Wildman–Crippen MR) is 123 cm³/mol. The zero-order valence-corrected chi connectivity index (χ0v) is 18.8. The summed E-state index contributed by atoms with van der Waals surface area (Å²) in [6.07, 6.45) is 5.30. The van der Waals surface area contributed by atoms with Crippen LogP contribution in [0.15, 0.2) is 66.3 Å². The molecule has 0 aliphatic heterocycles. The Labute approximate surface area is 191 Å². The molecule has 1 unspecified atom stereocenters. The Bertz CT molecular complexity index is 1230. The number of hydrogen-bond donors (Lipinski definition) is 2. The van der Waals surface area contributed by atoms with Crippen molar-refractivity contribution < 1.29 is 14.3 Å². The topological polar surface area (TPSA) is 92.9 Å². The maximum atomic E-state index is 15.2. The van der Waals surface area contributed by atoms with Crippen LogP contribution >= 0.6 is 0 Å². The van der Waals surface area contributed by atoms with Crippen molar-refractivity contribution in [2.75, 3.05) is 6.61 Å². The molecule has 7 nitrogen and oxygen atoms in total. The first kappa shape index (κ1) is 22.5. The van der Waals surface area contributed by atoms with Crippen LogP contribution in [0.25, 0.3) is 16.8 Å². The molecule has 0 fully saturated rings. The molecule has 1 aliphatic rings. The molecule has 1 aromatic carbocycles. The summed E-state index contributed by atoms with van der Waals surface area (Å²) in [6.45, 7) is 3.43. The van der Waals surface area contributed by atoms with Gasteiger partial charge in [-0.2, -0.15) is 0 Å². The lowest BCUT2D eigenvalue weighted by Crippen LogP contribution is -2.34. The van der Waals surface area contributed by atoms with Gasteiger partial charge in [0.15, 0.2) is 0 Å². The fraction of sp³-hybridized carbons (Fsp3) is 0.280. The standard InChI is InChI=1S/C25H26FN5O2/c1-15-9-18(20-10-19(12-27-16(20)2)23-13-28-30-31(23)3)11-21(26)24(15)25(33)29-22(14-32)17-7-5-4-6-8-17/h4-8,10-13,15,22,32H,9,14H2,1-3H3,(H,29,33)/t15?,22-/m1/s1. The molecule has 1 amide bonds. The van der Waals surface area contributed by atoms with Gasteiger partial charge in [0.1, 0.15) is 5.83 Å². The number of aliphatic hydroxyl groups excluding tert-OH is 1. The Balaban J connectivity index is 1.63. The molecule has 0 saturated carbocycles. The number of amides is 1. The molecule has 0 radical (unpaired) electrons. The highest BCUT2D eigenvalue weighted by molar-refractivity contribution is 5.96. The second-order valence-corrected chi connectivity index (χ2v) is 8.26. The van der Waals surface area contributed by atoms with Crippen LogP contribution < -0.4 is 5.32 Å². The SMILES string of the molecule is Cc1ncc(-c2cnnn2C)cc1C1=CC(F)=C(C(=O)N[C@H](CO)c2ccccc2)C(C)C1. The number of pyridine rings is 1. The number of allylic oxidation sites excluding steroid dienone is 3. The Morgan fingerprint density at radius 3 is 2.70 bits per heavy atom. The fourth-order valence-electron chi connectivity index (χ4n) is 4.18. The summed E-state index contributed by atoms with van der Waals surface area (Å²) in [7, 11) is 1.80. The smallest absolute Gasteiger partial charge is 0.251 e. The van der Waals surface area contributed by atoms with E-state index in [0.717, 1.165) is 33.7 Å². The van der Waals surface area contributed by atoms with Crippen molar-refractivity contribution in [2.24, 2.45) is 13.0 Å². The van der Waals surface area contributed by atoms with E-state index in [2.05, 4.69) is 20.6 Å². The lowest BCUT2D eigenvalue weighted by atomic mass is 9.83. The van der Waals surface area contributed by atoms with Gasteiger partial charge in [-0.1, -0.05) is 42.5 Å². The number of hydrogen-bond acceptors (Lipinski definition) is 5. The quantitative estimate of drug-likeness (QED) is 0.601. The van der Waals surface area contributed by atoms with Crippen LogP contribution in [-0.4, -0.2) is 37.6 Å². The van der Waals surface area contributed by atoms with Crippen molar-refractivity contribution in [2.45, 2.75) is 26.3 Å². The zero-order valence-electron chi connectivity index (χ0n) is 18.8. The van der Waals surface area contributed by atoms with Crippen LogP contribution in [0.2, 0.25) is 0 Å². The van der Waals surface area contributed by atoms with Crippen LogP contribution in [0.5, 0.6) is 0 Å². The number of benzene rings is 1. The molecule has 8 heteroatoms. The molecule has 2 heterocycles. The second-order valence-electron chi connectivity index (χ2n) is 8.26. The van der Waals surface area contributed by atoms with Gasteiger partial charge in [-0.25, -0.2) is 9.07 Å². The highest BCUT2D eigenvalue weighted by atomic mass is 19.1. The third-order valence-corrected chi connectivity index (χ3v) is 5.95. The molecule has 0 saturated heterocycles. The molecule has 2 N–H and O–H groups in total. The fourth-order valence-corrected chi connectivity index (χ4v) is 4.18. The third kappa shape index (κ3) is 4.61.